The molecule has 0 spiro atoms. The van der Waals surface area contributed by atoms with Crippen LogP contribution in [-0.2, 0) is 4.74 Å². The molecule has 0 aliphatic heterocycles. The Balaban J connectivity index is 2.00. The molecular formula is C14H19Cl2NO2. The SMILES string of the molecule is CCCOC1C(NC)CC1Oc1cc(Cl)ccc1Cl. The van der Waals surface area contributed by atoms with E-state index in [4.69, 9.17) is 32.7 Å². The summed E-state index contributed by atoms with van der Waals surface area (Å²) in [6.07, 6.45) is 2.01. The molecule has 1 saturated carbocycles. The van der Waals surface area contributed by atoms with Gasteiger partial charge in [0.15, 0.2) is 0 Å². The van der Waals surface area contributed by atoms with E-state index in [0.717, 1.165) is 19.4 Å². The molecule has 0 aromatic heterocycles. The van der Waals surface area contributed by atoms with Crippen molar-refractivity contribution in [2.45, 2.75) is 38.0 Å². The zero-order chi connectivity index (χ0) is 13.8. The molecule has 5 heteroatoms. The van der Waals surface area contributed by atoms with Crippen LogP contribution in [0, 0.1) is 0 Å². The summed E-state index contributed by atoms with van der Waals surface area (Å²) < 4.78 is 11.7. The monoisotopic (exact) mass is 303 g/mol. The molecule has 1 aromatic rings. The Kier molecular flexibility index (Phi) is 5.34. The van der Waals surface area contributed by atoms with Crippen LogP contribution in [0.3, 0.4) is 0 Å². The van der Waals surface area contributed by atoms with Crippen LogP contribution in [0.2, 0.25) is 10.0 Å². The summed E-state index contributed by atoms with van der Waals surface area (Å²) in [7, 11) is 1.94. The summed E-state index contributed by atoms with van der Waals surface area (Å²) in [5.74, 6) is 0.624. The van der Waals surface area contributed by atoms with Gasteiger partial charge in [-0.3, -0.25) is 0 Å². The molecule has 0 heterocycles. The second-order valence-corrected chi connectivity index (χ2v) is 5.54. The van der Waals surface area contributed by atoms with Gasteiger partial charge in [-0.1, -0.05) is 30.1 Å². The summed E-state index contributed by atoms with van der Waals surface area (Å²) in [5.41, 5.74) is 0. The molecule has 19 heavy (non-hydrogen) atoms. The molecule has 1 aliphatic carbocycles. The molecule has 1 aromatic carbocycles. The number of rotatable bonds is 6. The van der Waals surface area contributed by atoms with Gasteiger partial charge in [0.05, 0.1) is 5.02 Å². The van der Waals surface area contributed by atoms with Gasteiger partial charge in [-0.25, -0.2) is 0 Å². The van der Waals surface area contributed by atoms with Gasteiger partial charge in [-0.2, -0.15) is 0 Å². The van der Waals surface area contributed by atoms with Crippen LogP contribution in [0.5, 0.6) is 5.75 Å². The zero-order valence-corrected chi connectivity index (χ0v) is 12.7. The van der Waals surface area contributed by atoms with Crippen molar-refractivity contribution in [2.24, 2.45) is 0 Å². The Morgan fingerprint density at radius 1 is 1.37 bits per heavy atom. The molecular weight excluding hydrogens is 285 g/mol. The largest absolute Gasteiger partial charge is 0.486 e. The van der Waals surface area contributed by atoms with Crippen molar-refractivity contribution in [3.8, 4) is 5.75 Å². The number of hydrogen-bond donors (Lipinski definition) is 1. The Hall–Kier alpha value is -0.480. The average molecular weight is 304 g/mol. The van der Waals surface area contributed by atoms with Gasteiger partial charge in [0.25, 0.3) is 0 Å². The molecule has 0 radical (unpaired) electrons. The van der Waals surface area contributed by atoms with Crippen LogP contribution in [0.25, 0.3) is 0 Å². The summed E-state index contributed by atoms with van der Waals surface area (Å²) in [6.45, 7) is 2.84. The topological polar surface area (TPSA) is 30.5 Å². The van der Waals surface area contributed by atoms with Crippen LogP contribution < -0.4 is 10.1 Å². The molecule has 0 amide bonds. The van der Waals surface area contributed by atoms with Crippen molar-refractivity contribution in [2.75, 3.05) is 13.7 Å². The first-order valence-electron chi connectivity index (χ1n) is 6.56. The molecule has 1 N–H and O–H groups in total. The lowest BCUT2D eigenvalue weighted by atomic mass is 9.85. The van der Waals surface area contributed by atoms with Gasteiger partial charge in [0.1, 0.15) is 18.0 Å². The van der Waals surface area contributed by atoms with Crippen LogP contribution >= 0.6 is 23.2 Å². The number of halogens is 2. The minimum Gasteiger partial charge on any atom is -0.486 e. The molecule has 2 rings (SSSR count). The molecule has 3 unspecified atom stereocenters. The minimum absolute atomic E-state index is 0.0277. The zero-order valence-electron chi connectivity index (χ0n) is 11.2. The third-order valence-electron chi connectivity index (χ3n) is 3.31. The molecule has 1 aliphatic rings. The summed E-state index contributed by atoms with van der Waals surface area (Å²) in [5, 5.41) is 4.43. The maximum Gasteiger partial charge on any atom is 0.139 e. The van der Waals surface area contributed by atoms with E-state index in [2.05, 4.69) is 12.2 Å². The summed E-state index contributed by atoms with van der Waals surface area (Å²) in [6, 6.07) is 5.58. The van der Waals surface area contributed by atoms with Gasteiger partial charge in [0, 0.05) is 30.2 Å². The van der Waals surface area contributed by atoms with Gasteiger partial charge in [-0.15, -0.1) is 0 Å². The van der Waals surface area contributed by atoms with E-state index in [9.17, 15) is 0 Å². The molecule has 1 fully saturated rings. The summed E-state index contributed by atoms with van der Waals surface area (Å²) in [4.78, 5) is 0. The highest BCUT2D eigenvalue weighted by molar-refractivity contribution is 6.34. The number of nitrogens with one attached hydrogen (secondary N) is 1. The van der Waals surface area contributed by atoms with E-state index in [-0.39, 0.29) is 12.2 Å². The van der Waals surface area contributed by atoms with Gasteiger partial charge in [-0.05, 0) is 25.6 Å². The first-order valence-corrected chi connectivity index (χ1v) is 7.32. The van der Waals surface area contributed by atoms with Gasteiger partial charge in [0.2, 0.25) is 0 Å². The second-order valence-electron chi connectivity index (χ2n) is 4.70. The first kappa shape index (κ1) is 14.9. The third-order valence-corrected chi connectivity index (χ3v) is 3.85. The normalized spacial score (nSPS) is 26.0. The maximum absolute atomic E-state index is 6.10. The fraction of sp³-hybridized carbons (Fsp3) is 0.571. The van der Waals surface area contributed by atoms with E-state index in [1.165, 1.54) is 0 Å². The van der Waals surface area contributed by atoms with E-state index < -0.39 is 0 Å². The van der Waals surface area contributed by atoms with Crippen LogP contribution in [0.1, 0.15) is 19.8 Å². The second kappa shape index (κ2) is 6.80. The van der Waals surface area contributed by atoms with Crippen LogP contribution in [-0.4, -0.2) is 31.9 Å². The highest BCUT2D eigenvalue weighted by Gasteiger charge is 2.43. The Morgan fingerprint density at radius 2 is 2.16 bits per heavy atom. The Morgan fingerprint density at radius 3 is 2.84 bits per heavy atom. The number of likely N-dealkylation sites (N-methyl/N-ethyl adjacent to an activating group) is 1. The van der Waals surface area contributed by atoms with Crippen molar-refractivity contribution >= 4 is 23.2 Å². The average Bonchev–Trinajstić information content (AvgIpc) is 2.38. The van der Waals surface area contributed by atoms with Crippen molar-refractivity contribution in [1.82, 2.24) is 5.32 Å². The molecule has 106 valence electrons. The molecule has 3 atom stereocenters. The standard InChI is InChI=1S/C14H19Cl2NO2/c1-3-6-18-14-11(17-2)8-13(14)19-12-7-9(15)4-5-10(12)16/h4-5,7,11,13-14,17H,3,6,8H2,1-2H3. The molecule has 3 nitrogen and oxygen atoms in total. The quantitative estimate of drug-likeness (QED) is 0.872. The maximum atomic E-state index is 6.10. The lowest BCUT2D eigenvalue weighted by molar-refractivity contribution is -0.106. The lowest BCUT2D eigenvalue weighted by Gasteiger charge is -2.43. The fourth-order valence-corrected chi connectivity index (χ4v) is 2.51. The fourth-order valence-electron chi connectivity index (χ4n) is 2.19. The number of benzene rings is 1. The first-order chi connectivity index (χ1) is 9.15. The Bertz CT molecular complexity index is 428. The molecule has 0 saturated heterocycles. The van der Waals surface area contributed by atoms with Crippen molar-refractivity contribution < 1.29 is 9.47 Å². The summed E-state index contributed by atoms with van der Waals surface area (Å²) >= 11 is 12.1. The predicted octanol–water partition coefficient (Wildman–Crippen LogP) is 3.53. The van der Waals surface area contributed by atoms with Crippen LogP contribution in [0.4, 0.5) is 0 Å². The third kappa shape index (κ3) is 3.54. The van der Waals surface area contributed by atoms with Gasteiger partial charge < -0.3 is 14.8 Å². The van der Waals surface area contributed by atoms with Crippen molar-refractivity contribution in [1.29, 1.82) is 0 Å². The van der Waals surface area contributed by atoms with E-state index in [1.807, 2.05) is 7.05 Å². The highest BCUT2D eigenvalue weighted by atomic mass is 35.5. The van der Waals surface area contributed by atoms with E-state index >= 15 is 0 Å². The number of ether oxygens (including phenoxy) is 2. The van der Waals surface area contributed by atoms with E-state index in [1.54, 1.807) is 18.2 Å². The van der Waals surface area contributed by atoms with Crippen LogP contribution in [0.15, 0.2) is 18.2 Å². The Labute approximate surface area is 124 Å². The predicted molar refractivity (Wildman–Crippen MR) is 78.4 cm³/mol. The highest BCUT2D eigenvalue weighted by Crippen LogP contribution is 2.34. The van der Waals surface area contributed by atoms with Crippen molar-refractivity contribution in [3.63, 3.8) is 0 Å². The minimum atomic E-state index is 0.0277. The smallest absolute Gasteiger partial charge is 0.139 e. The lowest BCUT2D eigenvalue weighted by Crippen LogP contribution is -2.60. The van der Waals surface area contributed by atoms with E-state index in [0.29, 0.717) is 21.8 Å². The van der Waals surface area contributed by atoms with Crippen molar-refractivity contribution in [3.05, 3.63) is 28.2 Å². The van der Waals surface area contributed by atoms with Gasteiger partial charge >= 0.3 is 0 Å². The molecule has 0 bridgehead atoms. The number of hydrogen-bond acceptors (Lipinski definition) is 3.